The molecule has 0 unspecified atom stereocenters. The molecule has 0 aliphatic heterocycles. The Kier molecular flexibility index (Phi) is 5.18. The molecule has 0 spiro atoms. The number of carboxylic acids is 1. The molecular formula is C11H12ClNO3S. The molecule has 1 aromatic rings. The zero-order chi connectivity index (χ0) is 12.8. The minimum Gasteiger partial charge on any atom is -0.480 e. The van der Waals surface area contributed by atoms with Crippen LogP contribution in [-0.4, -0.2) is 35.0 Å². The zero-order valence-corrected chi connectivity index (χ0v) is 10.8. The second kappa shape index (κ2) is 6.42. The smallest absolute Gasteiger partial charge is 0.323 e. The van der Waals surface area contributed by atoms with Crippen molar-refractivity contribution in [3.05, 3.63) is 27.4 Å². The SMILES string of the molecule is CCN(CC(=O)O)C(=O)/C=C/c1ccc(Cl)s1. The summed E-state index contributed by atoms with van der Waals surface area (Å²) in [7, 11) is 0. The Morgan fingerprint density at radius 3 is 2.71 bits per heavy atom. The number of hydrogen-bond acceptors (Lipinski definition) is 3. The van der Waals surface area contributed by atoms with Crippen LogP contribution in [0.25, 0.3) is 6.08 Å². The number of hydrogen-bond donors (Lipinski definition) is 1. The van der Waals surface area contributed by atoms with Crippen LogP contribution in [0.3, 0.4) is 0 Å². The maximum absolute atomic E-state index is 11.6. The van der Waals surface area contributed by atoms with Gasteiger partial charge in [-0.2, -0.15) is 0 Å². The second-order valence-electron chi connectivity index (χ2n) is 3.22. The summed E-state index contributed by atoms with van der Waals surface area (Å²) in [5, 5.41) is 8.62. The summed E-state index contributed by atoms with van der Waals surface area (Å²) in [5.74, 6) is -1.34. The number of thiophene rings is 1. The van der Waals surface area contributed by atoms with E-state index in [9.17, 15) is 9.59 Å². The van der Waals surface area contributed by atoms with Gasteiger partial charge in [-0.15, -0.1) is 11.3 Å². The standard InChI is InChI=1S/C11H12ClNO3S/c1-2-13(7-11(15)16)10(14)6-4-8-3-5-9(12)17-8/h3-6H,2,7H2,1H3,(H,15,16)/b6-4+. The van der Waals surface area contributed by atoms with E-state index in [1.165, 1.54) is 22.3 Å². The Labute approximate surface area is 108 Å². The summed E-state index contributed by atoms with van der Waals surface area (Å²) >= 11 is 7.10. The number of amides is 1. The monoisotopic (exact) mass is 273 g/mol. The molecule has 0 saturated heterocycles. The summed E-state index contributed by atoms with van der Waals surface area (Å²) in [4.78, 5) is 24.3. The molecular weight excluding hydrogens is 262 g/mol. The van der Waals surface area contributed by atoms with Crippen LogP contribution in [0.15, 0.2) is 18.2 Å². The van der Waals surface area contributed by atoms with Crippen LogP contribution < -0.4 is 0 Å². The molecule has 17 heavy (non-hydrogen) atoms. The molecule has 1 amide bonds. The lowest BCUT2D eigenvalue weighted by Crippen LogP contribution is -2.34. The van der Waals surface area contributed by atoms with Crippen molar-refractivity contribution in [2.75, 3.05) is 13.1 Å². The number of aliphatic carboxylic acids is 1. The molecule has 1 rings (SSSR count). The van der Waals surface area contributed by atoms with E-state index < -0.39 is 5.97 Å². The summed E-state index contributed by atoms with van der Waals surface area (Å²) in [6.45, 7) is 1.81. The van der Waals surface area contributed by atoms with Gasteiger partial charge in [-0.3, -0.25) is 9.59 Å². The van der Waals surface area contributed by atoms with Gasteiger partial charge in [-0.25, -0.2) is 0 Å². The van der Waals surface area contributed by atoms with Gasteiger partial charge in [0, 0.05) is 17.5 Å². The number of carbonyl (C=O) groups excluding carboxylic acids is 1. The van der Waals surface area contributed by atoms with Crippen molar-refractivity contribution in [3.8, 4) is 0 Å². The fourth-order valence-corrected chi connectivity index (χ4v) is 2.15. The van der Waals surface area contributed by atoms with Crippen LogP contribution in [0.5, 0.6) is 0 Å². The highest BCUT2D eigenvalue weighted by molar-refractivity contribution is 7.17. The summed E-state index contributed by atoms with van der Waals surface area (Å²) < 4.78 is 0.648. The van der Waals surface area contributed by atoms with Gasteiger partial charge < -0.3 is 10.0 Å². The highest BCUT2D eigenvalue weighted by Crippen LogP contribution is 2.22. The van der Waals surface area contributed by atoms with Crippen molar-refractivity contribution in [1.82, 2.24) is 4.90 Å². The molecule has 1 N–H and O–H groups in total. The van der Waals surface area contributed by atoms with Crippen molar-refractivity contribution < 1.29 is 14.7 Å². The number of carbonyl (C=O) groups is 2. The van der Waals surface area contributed by atoms with Crippen LogP contribution in [0, 0.1) is 0 Å². The summed E-state index contributed by atoms with van der Waals surface area (Å²) in [6.07, 6.45) is 2.98. The van der Waals surface area contributed by atoms with E-state index in [2.05, 4.69) is 0 Å². The van der Waals surface area contributed by atoms with Gasteiger partial charge in [0.05, 0.1) is 4.34 Å². The summed E-state index contributed by atoms with van der Waals surface area (Å²) in [6, 6.07) is 3.54. The molecule has 4 nitrogen and oxygen atoms in total. The lowest BCUT2D eigenvalue weighted by Gasteiger charge is -2.15. The first kappa shape index (κ1) is 13.7. The van der Waals surface area contributed by atoms with Crippen LogP contribution in [0.2, 0.25) is 4.34 Å². The van der Waals surface area contributed by atoms with E-state index >= 15 is 0 Å². The predicted octanol–water partition coefficient (Wildman–Crippen LogP) is 2.35. The maximum atomic E-state index is 11.6. The average Bonchev–Trinajstić information content (AvgIpc) is 2.68. The molecule has 0 radical (unpaired) electrons. The van der Waals surface area contributed by atoms with E-state index in [1.54, 1.807) is 25.1 Å². The Hall–Kier alpha value is -1.33. The Bertz CT molecular complexity index is 442. The van der Waals surface area contributed by atoms with Crippen molar-refractivity contribution in [2.45, 2.75) is 6.92 Å². The molecule has 0 atom stereocenters. The predicted molar refractivity (Wildman–Crippen MR) is 68.3 cm³/mol. The van der Waals surface area contributed by atoms with Gasteiger partial charge in [0.25, 0.3) is 0 Å². The van der Waals surface area contributed by atoms with Gasteiger partial charge in [-0.05, 0) is 25.1 Å². The van der Waals surface area contributed by atoms with Crippen molar-refractivity contribution in [3.63, 3.8) is 0 Å². The normalized spacial score (nSPS) is 10.7. The first-order valence-corrected chi connectivity index (χ1v) is 6.16. The minimum absolute atomic E-state index is 0.287. The number of carboxylic acid groups (broad SMARTS) is 1. The first-order chi connectivity index (χ1) is 8.02. The Morgan fingerprint density at radius 1 is 1.53 bits per heavy atom. The molecule has 0 aromatic carbocycles. The molecule has 0 aliphatic rings. The largest absolute Gasteiger partial charge is 0.480 e. The van der Waals surface area contributed by atoms with E-state index in [0.717, 1.165) is 4.88 Å². The minimum atomic E-state index is -1.02. The molecule has 0 aliphatic carbocycles. The third-order valence-corrected chi connectivity index (χ3v) is 3.20. The van der Waals surface area contributed by atoms with E-state index in [-0.39, 0.29) is 12.5 Å². The van der Waals surface area contributed by atoms with Crippen LogP contribution in [-0.2, 0) is 9.59 Å². The van der Waals surface area contributed by atoms with Crippen molar-refractivity contribution in [1.29, 1.82) is 0 Å². The van der Waals surface area contributed by atoms with Crippen molar-refractivity contribution in [2.24, 2.45) is 0 Å². The fourth-order valence-electron chi connectivity index (χ4n) is 1.19. The van der Waals surface area contributed by atoms with Crippen LogP contribution in [0.1, 0.15) is 11.8 Å². The van der Waals surface area contributed by atoms with Gasteiger partial charge in [0.15, 0.2) is 0 Å². The highest BCUT2D eigenvalue weighted by atomic mass is 35.5. The van der Waals surface area contributed by atoms with Gasteiger partial charge in [-0.1, -0.05) is 11.6 Å². The number of rotatable bonds is 5. The topological polar surface area (TPSA) is 57.6 Å². The first-order valence-electron chi connectivity index (χ1n) is 4.97. The molecule has 1 aromatic heterocycles. The lowest BCUT2D eigenvalue weighted by molar-refractivity contribution is -0.142. The van der Waals surface area contributed by atoms with Crippen LogP contribution in [0.4, 0.5) is 0 Å². The third-order valence-electron chi connectivity index (χ3n) is 2.00. The van der Waals surface area contributed by atoms with Crippen LogP contribution >= 0.6 is 22.9 Å². The van der Waals surface area contributed by atoms with Gasteiger partial charge in [0.1, 0.15) is 6.54 Å². The zero-order valence-electron chi connectivity index (χ0n) is 9.22. The van der Waals surface area contributed by atoms with E-state index in [1.807, 2.05) is 0 Å². The Balaban J connectivity index is 2.63. The number of halogens is 1. The number of nitrogens with zero attached hydrogens (tertiary/aromatic N) is 1. The quantitative estimate of drug-likeness (QED) is 0.838. The maximum Gasteiger partial charge on any atom is 0.323 e. The second-order valence-corrected chi connectivity index (χ2v) is 4.97. The van der Waals surface area contributed by atoms with Gasteiger partial charge >= 0.3 is 5.97 Å². The average molecular weight is 274 g/mol. The third kappa shape index (κ3) is 4.58. The highest BCUT2D eigenvalue weighted by Gasteiger charge is 2.11. The fraction of sp³-hybridized carbons (Fsp3) is 0.273. The molecule has 92 valence electrons. The Morgan fingerprint density at radius 2 is 2.24 bits per heavy atom. The lowest BCUT2D eigenvalue weighted by atomic mass is 10.3. The summed E-state index contributed by atoms with van der Waals surface area (Å²) in [5.41, 5.74) is 0. The van der Waals surface area contributed by atoms with E-state index in [0.29, 0.717) is 10.9 Å². The number of likely N-dealkylation sites (N-methyl/N-ethyl adjacent to an activating group) is 1. The van der Waals surface area contributed by atoms with Gasteiger partial charge in [0.2, 0.25) is 5.91 Å². The molecule has 0 bridgehead atoms. The molecule has 0 saturated carbocycles. The molecule has 1 heterocycles. The van der Waals surface area contributed by atoms with E-state index in [4.69, 9.17) is 16.7 Å². The molecule has 0 fully saturated rings. The molecule has 6 heteroatoms. The van der Waals surface area contributed by atoms with Crippen molar-refractivity contribution >= 4 is 40.9 Å².